The quantitative estimate of drug-likeness (QED) is 0.927. The molecular formula is C14H23ClN2OS. The summed E-state index contributed by atoms with van der Waals surface area (Å²) >= 11 is 8.29. The van der Waals surface area contributed by atoms with Gasteiger partial charge in [-0.25, -0.2) is 0 Å². The molecule has 1 N–H and O–H groups in total. The van der Waals surface area contributed by atoms with Gasteiger partial charge in [-0.1, -0.05) is 25.4 Å². The smallest absolute Gasteiger partial charge is 0.0850 e. The van der Waals surface area contributed by atoms with E-state index in [0.717, 1.165) is 48.0 Å². The number of halogens is 1. The SMILES string of the molecule is CCc1nn(CC)c(CC2(O)CCCSC2C)c1Cl. The average Bonchev–Trinajstić information content (AvgIpc) is 2.70. The molecule has 19 heavy (non-hydrogen) atoms. The van der Waals surface area contributed by atoms with Crippen LogP contribution < -0.4 is 0 Å². The summed E-state index contributed by atoms with van der Waals surface area (Å²) in [5.41, 5.74) is 1.29. The minimum absolute atomic E-state index is 0.252. The summed E-state index contributed by atoms with van der Waals surface area (Å²) < 4.78 is 1.95. The van der Waals surface area contributed by atoms with Crippen LogP contribution in [0.4, 0.5) is 0 Å². The Hall–Kier alpha value is -0.190. The van der Waals surface area contributed by atoms with Gasteiger partial charge < -0.3 is 5.11 Å². The van der Waals surface area contributed by atoms with Gasteiger partial charge >= 0.3 is 0 Å². The number of nitrogens with zero attached hydrogens (tertiary/aromatic N) is 2. The predicted octanol–water partition coefficient (Wildman–Crippen LogP) is 3.31. The first-order valence-electron chi connectivity index (χ1n) is 7.09. The van der Waals surface area contributed by atoms with Crippen LogP contribution in [0.1, 0.15) is 45.0 Å². The van der Waals surface area contributed by atoms with Crippen molar-refractivity contribution in [2.75, 3.05) is 5.75 Å². The van der Waals surface area contributed by atoms with Crippen molar-refractivity contribution in [1.82, 2.24) is 9.78 Å². The molecule has 0 spiro atoms. The summed E-state index contributed by atoms with van der Waals surface area (Å²) in [6.07, 6.45) is 3.38. The maximum Gasteiger partial charge on any atom is 0.0850 e. The molecule has 2 rings (SSSR count). The van der Waals surface area contributed by atoms with Crippen LogP contribution >= 0.6 is 23.4 Å². The zero-order valence-electron chi connectivity index (χ0n) is 11.9. The van der Waals surface area contributed by atoms with Gasteiger partial charge in [0.15, 0.2) is 0 Å². The Morgan fingerprint density at radius 3 is 2.84 bits per heavy atom. The van der Waals surface area contributed by atoms with Gasteiger partial charge in [-0.15, -0.1) is 0 Å². The van der Waals surface area contributed by atoms with Crippen LogP contribution in [0.3, 0.4) is 0 Å². The van der Waals surface area contributed by atoms with Gasteiger partial charge in [0, 0.05) is 18.2 Å². The fourth-order valence-electron chi connectivity index (χ4n) is 2.71. The number of rotatable bonds is 4. The Bertz CT molecular complexity index is 449. The normalized spacial score (nSPS) is 27.7. The van der Waals surface area contributed by atoms with Crippen molar-refractivity contribution in [3.05, 3.63) is 16.4 Å². The molecule has 1 saturated heterocycles. The maximum absolute atomic E-state index is 10.9. The Labute approximate surface area is 124 Å². The largest absolute Gasteiger partial charge is 0.388 e. The van der Waals surface area contributed by atoms with E-state index in [0.29, 0.717) is 6.42 Å². The minimum Gasteiger partial charge on any atom is -0.388 e. The third-order valence-corrected chi connectivity index (χ3v) is 5.95. The number of aryl methyl sites for hydroxylation is 2. The highest BCUT2D eigenvalue weighted by Gasteiger charge is 2.38. The van der Waals surface area contributed by atoms with Crippen LogP contribution in [-0.4, -0.2) is 31.5 Å². The van der Waals surface area contributed by atoms with E-state index in [1.54, 1.807) is 0 Å². The molecule has 1 aliphatic heterocycles. The summed E-state index contributed by atoms with van der Waals surface area (Å²) in [6, 6.07) is 0. The standard InChI is InChI=1S/C14H23ClN2OS/c1-4-11-13(15)12(17(5-2)16-11)9-14(18)7-6-8-19-10(14)3/h10,18H,4-9H2,1-3H3. The van der Waals surface area contributed by atoms with Crippen LogP contribution in [-0.2, 0) is 19.4 Å². The highest BCUT2D eigenvalue weighted by molar-refractivity contribution is 8.00. The molecule has 1 aromatic heterocycles. The monoisotopic (exact) mass is 302 g/mol. The third-order valence-electron chi connectivity index (χ3n) is 4.05. The molecule has 108 valence electrons. The first-order valence-corrected chi connectivity index (χ1v) is 8.52. The van der Waals surface area contributed by atoms with Crippen molar-refractivity contribution in [3.63, 3.8) is 0 Å². The number of aliphatic hydroxyl groups is 1. The molecule has 1 aliphatic rings. The summed E-state index contributed by atoms with van der Waals surface area (Å²) in [5, 5.41) is 16.4. The molecule has 1 aromatic rings. The highest BCUT2D eigenvalue weighted by atomic mass is 35.5. The second-order valence-electron chi connectivity index (χ2n) is 5.27. The number of hydrogen-bond acceptors (Lipinski definition) is 3. The summed E-state index contributed by atoms with van der Waals surface area (Å²) in [7, 11) is 0. The van der Waals surface area contributed by atoms with Gasteiger partial charge in [0.25, 0.3) is 0 Å². The van der Waals surface area contributed by atoms with E-state index in [4.69, 9.17) is 11.6 Å². The van der Waals surface area contributed by atoms with Crippen molar-refractivity contribution >= 4 is 23.4 Å². The van der Waals surface area contributed by atoms with Crippen LogP contribution in [0.5, 0.6) is 0 Å². The number of hydrogen-bond donors (Lipinski definition) is 1. The molecular weight excluding hydrogens is 280 g/mol. The van der Waals surface area contributed by atoms with Gasteiger partial charge in [0.2, 0.25) is 0 Å². The molecule has 0 amide bonds. The minimum atomic E-state index is -0.648. The van der Waals surface area contributed by atoms with E-state index in [1.807, 2.05) is 16.4 Å². The lowest BCUT2D eigenvalue weighted by Crippen LogP contribution is -2.44. The Kier molecular flexibility index (Phi) is 4.85. The molecule has 0 radical (unpaired) electrons. The molecule has 2 unspecified atom stereocenters. The zero-order valence-corrected chi connectivity index (χ0v) is 13.5. The zero-order chi connectivity index (χ0) is 14.0. The summed E-state index contributed by atoms with van der Waals surface area (Å²) in [4.78, 5) is 0. The molecule has 1 fully saturated rings. The molecule has 0 saturated carbocycles. The van der Waals surface area contributed by atoms with Crippen LogP contribution in [0.25, 0.3) is 0 Å². The molecule has 5 heteroatoms. The van der Waals surface area contributed by atoms with Crippen molar-refractivity contribution in [2.45, 2.75) is 63.9 Å². The van der Waals surface area contributed by atoms with Gasteiger partial charge in [0.05, 0.1) is 22.0 Å². The average molecular weight is 303 g/mol. The Morgan fingerprint density at radius 1 is 1.53 bits per heavy atom. The van der Waals surface area contributed by atoms with E-state index in [9.17, 15) is 5.11 Å². The lowest BCUT2D eigenvalue weighted by Gasteiger charge is -2.37. The van der Waals surface area contributed by atoms with E-state index in [-0.39, 0.29) is 5.25 Å². The molecule has 0 aliphatic carbocycles. The Morgan fingerprint density at radius 2 is 2.26 bits per heavy atom. The van der Waals surface area contributed by atoms with Gasteiger partial charge in [-0.05, 0) is 31.9 Å². The second-order valence-corrected chi connectivity index (χ2v) is 7.10. The highest BCUT2D eigenvalue weighted by Crippen LogP contribution is 2.38. The first kappa shape index (κ1) is 15.2. The predicted molar refractivity (Wildman–Crippen MR) is 82.1 cm³/mol. The summed E-state index contributed by atoms with van der Waals surface area (Å²) in [6.45, 7) is 7.04. The molecule has 3 nitrogen and oxygen atoms in total. The molecule has 0 bridgehead atoms. The molecule has 2 heterocycles. The van der Waals surface area contributed by atoms with Crippen LogP contribution in [0.15, 0.2) is 0 Å². The maximum atomic E-state index is 10.9. The fourth-order valence-corrected chi connectivity index (χ4v) is 4.22. The third kappa shape index (κ3) is 2.96. The Balaban J connectivity index is 2.29. The molecule has 2 atom stereocenters. The fraction of sp³-hybridized carbons (Fsp3) is 0.786. The van der Waals surface area contributed by atoms with Gasteiger partial charge in [-0.2, -0.15) is 16.9 Å². The van der Waals surface area contributed by atoms with E-state index < -0.39 is 5.60 Å². The lowest BCUT2D eigenvalue weighted by molar-refractivity contribution is 0.0279. The van der Waals surface area contributed by atoms with E-state index in [1.165, 1.54) is 0 Å². The van der Waals surface area contributed by atoms with Crippen LogP contribution in [0.2, 0.25) is 5.02 Å². The molecule has 0 aromatic carbocycles. The van der Waals surface area contributed by atoms with Crippen molar-refractivity contribution < 1.29 is 5.11 Å². The van der Waals surface area contributed by atoms with Crippen molar-refractivity contribution in [3.8, 4) is 0 Å². The van der Waals surface area contributed by atoms with Crippen molar-refractivity contribution in [1.29, 1.82) is 0 Å². The summed E-state index contributed by atoms with van der Waals surface area (Å²) in [5.74, 6) is 1.14. The van der Waals surface area contributed by atoms with Crippen molar-refractivity contribution in [2.24, 2.45) is 0 Å². The van der Waals surface area contributed by atoms with Gasteiger partial charge in [0.1, 0.15) is 0 Å². The van der Waals surface area contributed by atoms with E-state index in [2.05, 4.69) is 25.9 Å². The lowest BCUT2D eigenvalue weighted by atomic mass is 9.88. The first-order chi connectivity index (χ1) is 9.01. The number of thioether (sulfide) groups is 1. The van der Waals surface area contributed by atoms with Gasteiger partial charge in [-0.3, -0.25) is 4.68 Å². The van der Waals surface area contributed by atoms with E-state index >= 15 is 0 Å². The topological polar surface area (TPSA) is 38.0 Å². The van der Waals surface area contributed by atoms with Crippen LogP contribution in [0, 0.1) is 0 Å². The second kappa shape index (κ2) is 6.06. The number of aromatic nitrogens is 2.